The lowest BCUT2D eigenvalue weighted by molar-refractivity contribution is 0.590. The van der Waals surface area contributed by atoms with Gasteiger partial charge in [0.1, 0.15) is 6.07 Å². The van der Waals surface area contributed by atoms with Gasteiger partial charge in [-0.1, -0.05) is 45.0 Å². The van der Waals surface area contributed by atoms with Crippen molar-refractivity contribution in [2.75, 3.05) is 0 Å². The van der Waals surface area contributed by atoms with E-state index < -0.39 is 0 Å². The molecule has 0 saturated carbocycles. The monoisotopic (exact) mass is 225 g/mol. The molecular formula is C14H15N3. The standard InChI is InChI=1S/C14H15N3/c1-14(2,3)11-6-4-10(5-7-11)12-9-16-13(8-15)17-12/h4-7,9H,1-3H3,(H,16,17). The van der Waals surface area contributed by atoms with Crippen LogP contribution in [0.1, 0.15) is 32.2 Å². The van der Waals surface area contributed by atoms with Crippen LogP contribution in [0.5, 0.6) is 0 Å². The summed E-state index contributed by atoms with van der Waals surface area (Å²) in [6.07, 6.45) is 1.69. The van der Waals surface area contributed by atoms with Crippen LogP contribution in [0.15, 0.2) is 30.5 Å². The van der Waals surface area contributed by atoms with E-state index in [0.29, 0.717) is 5.82 Å². The van der Waals surface area contributed by atoms with Gasteiger partial charge in [0.25, 0.3) is 0 Å². The lowest BCUT2D eigenvalue weighted by Crippen LogP contribution is -2.10. The molecule has 2 rings (SSSR count). The zero-order chi connectivity index (χ0) is 12.5. The summed E-state index contributed by atoms with van der Waals surface area (Å²) in [5.74, 6) is 0.347. The number of H-pyrrole nitrogens is 1. The number of hydrogen-bond donors (Lipinski definition) is 1. The third kappa shape index (κ3) is 2.36. The van der Waals surface area contributed by atoms with Crippen LogP contribution in [-0.4, -0.2) is 9.97 Å². The van der Waals surface area contributed by atoms with Crippen LogP contribution in [0.4, 0.5) is 0 Å². The van der Waals surface area contributed by atoms with Gasteiger partial charge in [-0.3, -0.25) is 0 Å². The fraction of sp³-hybridized carbons (Fsp3) is 0.286. The Balaban J connectivity index is 2.33. The van der Waals surface area contributed by atoms with E-state index in [-0.39, 0.29) is 5.41 Å². The van der Waals surface area contributed by atoms with E-state index in [4.69, 9.17) is 5.26 Å². The number of aromatic amines is 1. The van der Waals surface area contributed by atoms with Crippen molar-refractivity contribution in [1.82, 2.24) is 9.97 Å². The quantitative estimate of drug-likeness (QED) is 0.810. The number of hydrogen-bond acceptors (Lipinski definition) is 2. The Labute approximate surface area is 101 Å². The molecule has 0 radical (unpaired) electrons. The Morgan fingerprint density at radius 3 is 2.29 bits per heavy atom. The van der Waals surface area contributed by atoms with Crippen molar-refractivity contribution in [3.05, 3.63) is 41.9 Å². The smallest absolute Gasteiger partial charge is 0.210 e. The van der Waals surface area contributed by atoms with Crippen LogP contribution in [0.2, 0.25) is 0 Å². The second-order valence-electron chi connectivity index (χ2n) is 5.08. The molecule has 0 unspecified atom stereocenters. The van der Waals surface area contributed by atoms with Crippen LogP contribution >= 0.6 is 0 Å². The minimum absolute atomic E-state index is 0.157. The van der Waals surface area contributed by atoms with Crippen molar-refractivity contribution >= 4 is 0 Å². The van der Waals surface area contributed by atoms with Gasteiger partial charge in [0.2, 0.25) is 5.82 Å². The zero-order valence-electron chi connectivity index (χ0n) is 10.3. The molecule has 0 atom stereocenters. The Morgan fingerprint density at radius 2 is 1.82 bits per heavy atom. The normalized spacial score (nSPS) is 11.2. The highest BCUT2D eigenvalue weighted by Gasteiger charge is 2.13. The van der Waals surface area contributed by atoms with Gasteiger partial charge in [-0.05, 0) is 16.5 Å². The molecule has 0 aliphatic carbocycles. The molecule has 86 valence electrons. The summed E-state index contributed by atoms with van der Waals surface area (Å²) in [6.45, 7) is 6.56. The molecule has 0 spiro atoms. The van der Waals surface area contributed by atoms with Gasteiger partial charge in [0.05, 0.1) is 11.9 Å². The molecule has 0 bridgehead atoms. The van der Waals surface area contributed by atoms with Crippen LogP contribution in [0, 0.1) is 11.3 Å². The first-order chi connectivity index (χ1) is 8.00. The van der Waals surface area contributed by atoms with Crippen LogP contribution in [-0.2, 0) is 5.41 Å². The van der Waals surface area contributed by atoms with E-state index in [9.17, 15) is 0 Å². The molecule has 1 aromatic carbocycles. The minimum Gasteiger partial charge on any atom is -0.329 e. The molecule has 0 aliphatic rings. The highest BCUT2D eigenvalue weighted by molar-refractivity contribution is 5.59. The zero-order valence-corrected chi connectivity index (χ0v) is 10.3. The molecule has 3 heteroatoms. The van der Waals surface area contributed by atoms with Crippen molar-refractivity contribution in [2.24, 2.45) is 0 Å². The number of nitriles is 1. The average molecular weight is 225 g/mol. The number of rotatable bonds is 1. The number of imidazole rings is 1. The third-order valence-corrected chi connectivity index (χ3v) is 2.74. The van der Waals surface area contributed by atoms with Crippen molar-refractivity contribution in [2.45, 2.75) is 26.2 Å². The predicted octanol–water partition coefficient (Wildman–Crippen LogP) is 3.25. The summed E-state index contributed by atoms with van der Waals surface area (Å²) in [7, 11) is 0. The Hall–Kier alpha value is -2.08. The van der Waals surface area contributed by atoms with Gasteiger partial charge in [0, 0.05) is 0 Å². The highest BCUT2D eigenvalue weighted by atomic mass is 14.9. The molecule has 1 heterocycles. The molecule has 1 aromatic heterocycles. The highest BCUT2D eigenvalue weighted by Crippen LogP contribution is 2.25. The molecule has 0 amide bonds. The molecule has 2 aromatic rings. The fourth-order valence-corrected chi connectivity index (χ4v) is 1.67. The lowest BCUT2D eigenvalue weighted by atomic mass is 9.86. The van der Waals surface area contributed by atoms with Crippen LogP contribution < -0.4 is 0 Å². The van der Waals surface area contributed by atoms with Gasteiger partial charge < -0.3 is 4.98 Å². The second-order valence-corrected chi connectivity index (χ2v) is 5.08. The molecule has 0 saturated heterocycles. The van der Waals surface area contributed by atoms with Crippen molar-refractivity contribution in [1.29, 1.82) is 5.26 Å². The predicted molar refractivity (Wildman–Crippen MR) is 67.4 cm³/mol. The van der Waals surface area contributed by atoms with E-state index in [0.717, 1.165) is 11.3 Å². The summed E-state index contributed by atoms with van der Waals surface area (Å²) >= 11 is 0. The average Bonchev–Trinajstić information content (AvgIpc) is 2.76. The topological polar surface area (TPSA) is 52.5 Å². The first-order valence-electron chi connectivity index (χ1n) is 5.57. The SMILES string of the molecule is CC(C)(C)c1ccc(-c2cnc(C#N)[nH]2)cc1. The molecule has 3 nitrogen and oxygen atoms in total. The first kappa shape index (κ1) is 11.4. The number of aromatic nitrogens is 2. The summed E-state index contributed by atoms with van der Waals surface area (Å²) in [6, 6.07) is 10.3. The van der Waals surface area contributed by atoms with Gasteiger partial charge in [0.15, 0.2) is 0 Å². The molecule has 0 aliphatic heterocycles. The first-order valence-corrected chi connectivity index (χ1v) is 5.57. The lowest BCUT2D eigenvalue weighted by Gasteiger charge is -2.18. The van der Waals surface area contributed by atoms with Crippen molar-refractivity contribution in [3.63, 3.8) is 0 Å². The number of nitrogens with one attached hydrogen (secondary N) is 1. The van der Waals surface area contributed by atoms with Crippen molar-refractivity contribution in [3.8, 4) is 17.3 Å². The summed E-state index contributed by atoms with van der Waals surface area (Å²) in [5.41, 5.74) is 3.37. The Morgan fingerprint density at radius 1 is 1.18 bits per heavy atom. The van der Waals surface area contributed by atoms with E-state index in [1.54, 1.807) is 6.20 Å². The molecule has 17 heavy (non-hydrogen) atoms. The summed E-state index contributed by atoms with van der Waals surface area (Å²) in [5, 5.41) is 8.70. The molecule has 1 N–H and O–H groups in total. The molecule has 0 fully saturated rings. The van der Waals surface area contributed by atoms with Crippen molar-refractivity contribution < 1.29 is 0 Å². The van der Waals surface area contributed by atoms with Gasteiger partial charge in [-0.15, -0.1) is 0 Å². The number of nitrogens with zero attached hydrogens (tertiary/aromatic N) is 2. The largest absolute Gasteiger partial charge is 0.329 e. The van der Waals surface area contributed by atoms with Gasteiger partial charge in [-0.25, -0.2) is 4.98 Å². The maximum atomic E-state index is 8.70. The third-order valence-electron chi connectivity index (χ3n) is 2.74. The Bertz CT molecular complexity index is 550. The van der Waals surface area contributed by atoms with Gasteiger partial charge >= 0.3 is 0 Å². The Kier molecular flexibility index (Phi) is 2.72. The van der Waals surface area contributed by atoms with E-state index in [1.165, 1.54) is 5.56 Å². The maximum Gasteiger partial charge on any atom is 0.210 e. The van der Waals surface area contributed by atoms with E-state index in [2.05, 4.69) is 55.0 Å². The minimum atomic E-state index is 0.157. The summed E-state index contributed by atoms with van der Waals surface area (Å²) in [4.78, 5) is 6.93. The maximum absolute atomic E-state index is 8.70. The van der Waals surface area contributed by atoms with E-state index in [1.807, 2.05) is 6.07 Å². The number of benzene rings is 1. The van der Waals surface area contributed by atoms with Gasteiger partial charge in [-0.2, -0.15) is 5.26 Å². The van der Waals surface area contributed by atoms with E-state index >= 15 is 0 Å². The molecular weight excluding hydrogens is 210 g/mol. The van der Waals surface area contributed by atoms with Crippen LogP contribution in [0.3, 0.4) is 0 Å². The van der Waals surface area contributed by atoms with Crippen LogP contribution in [0.25, 0.3) is 11.3 Å². The summed E-state index contributed by atoms with van der Waals surface area (Å²) < 4.78 is 0. The fourth-order valence-electron chi connectivity index (χ4n) is 1.67. The second kappa shape index (κ2) is 4.06.